The SMILES string of the molecule is CCCCCn1nc(C(=O)NC(C(=O)OCC)C(=O)OCC)c2ccccc2c1=O. The number of esters is 2. The number of benzene rings is 1. The van der Waals surface area contributed by atoms with E-state index in [0.29, 0.717) is 17.3 Å². The van der Waals surface area contributed by atoms with Gasteiger partial charge < -0.3 is 14.8 Å². The molecule has 30 heavy (non-hydrogen) atoms. The Kier molecular flexibility index (Phi) is 8.52. The Morgan fingerprint density at radius 1 is 1.00 bits per heavy atom. The van der Waals surface area contributed by atoms with Gasteiger partial charge in [0.15, 0.2) is 5.69 Å². The maximum Gasteiger partial charge on any atom is 0.340 e. The minimum atomic E-state index is -1.63. The van der Waals surface area contributed by atoms with E-state index in [9.17, 15) is 19.2 Å². The third kappa shape index (κ3) is 5.43. The summed E-state index contributed by atoms with van der Waals surface area (Å²) in [4.78, 5) is 50.0. The third-order valence-electron chi connectivity index (χ3n) is 4.38. The van der Waals surface area contributed by atoms with Crippen molar-refractivity contribution in [3.8, 4) is 0 Å². The first-order valence-corrected chi connectivity index (χ1v) is 10.1. The molecule has 0 bridgehead atoms. The number of amides is 1. The second-order valence-corrected chi connectivity index (χ2v) is 6.54. The Bertz CT molecular complexity index is 951. The molecule has 162 valence electrons. The van der Waals surface area contributed by atoms with Gasteiger partial charge in [0.1, 0.15) is 0 Å². The molecule has 9 nitrogen and oxygen atoms in total. The van der Waals surface area contributed by atoms with Gasteiger partial charge >= 0.3 is 11.9 Å². The monoisotopic (exact) mass is 417 g/mol. The molecule has 1 amide bonds. The Hall–Kier alpha value is -3.23. The lowest BCUT2D eigenvalue weighted by molar-refractivity contribution is -0.157. The van der Waals surface area contributed by atoms with E-state index in [1.165, 1.54) is 4.68 Å². The molecule has 0 atom stereocenters. The number of rotatable bonds is 10. The minimum Gasteiger partial charge on any atom is -0.464 e. The predicted octanol–water partition coefficient (Wildman–Crippen LogP) is 1.81. The van der Waals surface area contributed by atoms with Crippen LogP contribution < -0.4 is 10.9 Å². The van der Waals surface area contributed by atoms with Crippen molar-refractivity contribution in [1.82, 2.24) is 15.1 Å². The summed E-state index contributed by atoms with van der Waals surface area (Å²) in [5.74, 6) is -2.63. The Balaban J connectivity index is 2.44. The molecule has 1 N–H and O–H groups in total. The summed E-state index contributed by atoms with van der Waals surface area (Å²) in [6.45, 7) is 5.64. The average molecular weight is 417 g/mol. The highest BCUT2D eigenvalue weighted by molar-refractivity contribution is 6.09. The summed E-state index contributed by atoms with van der Waals surface area (Å²) in [5.41, 5.74) is -0.356. The van der Waals surface area contributed by atoms with Gasteiger partial charge in [-0.15, -0.1) is 0 Å². The fraction of sp³-hybridized carbons (Fsp3) is 0.476. The van der Waals surface area contributed by atoms with Gasteiger partial charge in [-0.25, -0.2) is 14.3 Å². The summed E-state index contributed by atoms with van der Waals surface area (Å²) in [6, 6.07) is 4.95. The highest BCUT2D eigenvalue weighted by Gasteiger charge is 2.32. The van der Waals surface area contributed by atoms with Crippen molar-refractivity contribution in [2.45, 2.75) is 52.6 Å². The largest absolute Gasteiger partial charge is 0.464 e. The summed E-state index contributed by atoms with van der Waals surface area (Å²) in [6.07, 6.45) is 2.61. The van der Waals surface area contributed by atoms with Crippen molar-refractivity contribution in [3.63, 3.8) is 0 Å². The van der Waals surface area contributed by atoms with Gasteiger partial charge in [0.25, 0.3) is 11.5 Å². The van der Waals surface area contributed by atoms with Crippen LogP contribution in [-0.4, -0.2) is 46.9 Å². The first-order valence-electron chi connectivity index (χ1n) is 10.1. The molecule has 2 aromatic rings. The first-order chi connectivity index (χ1) is 14.4. The molecule has 0 unspecified atom stereocenters. The van der Waals surface area contributed by atoms with Gasteiger partial charge in [-0.05, 0) is 26.3 Å². The van der Waals surface area contributed by atoms with E-state index in [1.807, 2.05) is 6.92 Å². The normalized spacial score (nSPS) is 10.8. The molecule has 0 aliphatic rings. The van der Waals surface area contributed by atoms with E-state index in [1.54, 1.807) is 38.1 Å². The van der Waals surface area contributed by atoms with Crippen molar-refractivity contribution in [3.05, 3.63) is 40.3 Å². The van der Waals surface area contributed by atoms with Gasteiger partial charge in [-0.2, -0.15) is 5.10 Å². The molecule has 0 fully saturated rings. The second-order valence-electron chi connectivity index (χ2n) is 6.54. The number of carbonyl (C=O) groups is 3. The molecule has 0 spiro atoms. The van der Waals surface area contributed by atoms with Gasteiger partial charge in [0, 0.05) is 11.9 Å². The van der Waals surface area contributed by atoms with E-state index in [-0.39, 0.29) is 24.5 Å². The van der Waals surface area contributed by atoms with Crippen LogP contribution in [0.1, 0.15) is 50.5 Å². The molecular weight excluding hydrogens is 390 g/mol. The lowest BCUT2D eigenvalue weighted by Gasteiger charge is -2.17. The zero-order valence-electron chi connectivity index (χ0n) is 17.5. The lowest BCUT2D eigenvalue weighted by Crippen LogP contribution is -2.48. The van der Waals surface area contributed by atoms with Crippen LogP contribution in [-0.2, 0) is 25.6 Å². The molecule has 1 aromatic heterocycles. The van der Waals surface area contributed by atoms with E-state index < -0.39 is 23.9 Å². The van der Waals surface area contributed by atoms with Crippen molar-refractivity contribution in [2.75, 3.05) is 13.2 Å². The number of aromatic nitrogens is 2. The number of hydrogen-bond donors (Lipinski definition) is 1. The van der Waals surface area contributed by atoms with Gasteiger partial charge in [0.05, 0.1) is 18.6 Å². The van der Waals surface area contributed by atoms with E-state index in [2.05, 4.69) is 10.4 Å². The maximum atomic E-state index is 13.0. The summed E-state index contributed by atoms with van der Waals surface area (Å²) < 4.78 is 11.0. The number of hydrogen-bond acceptors (Lipinski definition) is 7. The fourth-order valence-electron chi connectivity index (χ4n) is 2.93. The molecule has 1 heterocycles. The number of aryl methyl sites for hydroxylation is 1. The van der Waals surface area contributed by atoms with Crippen LogP contribution in [0.5, 0.6) is 0 Å². The van der Waals surface area contributed by atoms with E-state index >= 15 is 0 Å². The average Bonchev–Trinajstić information content (AvgIpc) is 2.74. The smallest absolute Gasteiger partial charge is 0.340 e. The highest BCUT2D eigenvalue weighted by Crippen LogP contribution is 2.14. The van der Waals surface area contributed by atoms with E-state index in [4.69, 9.17) is 9.47 Å². The van der Waals surface area contributed by atoms with Crippen molar-refractivity contribution in [2.24, 2.45) is 0 Å². The molecule has 0 aliphatic heterocycles. The molecule has 2 rings (SSSR count). The molecule has 0 radical (unpaired) electrons. The number of nitrogens with zero attached hydrogens (tertiary/aromatic N) is 2. The Morgan fingerprint density at radius 3 is 2.17 bits per heavy atom. The highest BCUT2D eigenvalue weighted by atomic mass is 16.6. The maximum absolute atomic E-state index is 13.0. The number of fused-ring (bicyclic) bond motifs is 1. The molecule has 0 saturated heterocycles. The van der Waals surface area contributed by atoms with Gasteiger partial charge in [-0.1, -0.05) is 38.0 Å². The Labute approximate surface area is 174 Å². The quantitative estimate of drug-likeness (QED) is 0.356. The van der Waals surface area contributed by atoms with Crippen LogP contribution >= 0.6 is 0 Å². The van der Waals surface area contributed by atoms with Crippen LogP contribution in [0.4, 0.5) is 0 Å². The topological polar surface area (TPSA) is 117 Å². The standard InChI is InChI=1S/C21H27N3O6/c1-4-7-10-13-24-19(26)15-12-9-8-11-14(15)16(23-24)18(25)22-17(20(27)29-5-2)21(28)30-6-3/h8-9,11-12,17H,4-7,10,13H2,1-3H3,(H,22,25). The Morgan fingerprint density at radius 2 is 1.60 bits per heavy atom. The predicted molar refractivity (Wildman–Crippen MR) is 110 cm³/mol. The molecule has 9 heteroatoms. The van der Waals surface area contributed by atoms with E-state index in [0.717, 1.165) is 19.3 Å². The third-order valence-corrected chi connectivity index (χ3v) is 4.38. The van der Waals surface area contributed by atoms with Gasteiger partial charge in [0.2, 0.25) is 6.04 Å². The zero-order valence-corrected chi connectivity index (χ0v) is 17.5. The van der Waals surface area contributed by atoms with Crippen molar-refractivity contribution >= 4 is 28.6 Å². The number of ether oxygens (including phenoxy) is 2. The van der Waals surface area contributed by atoms with Crippen LogP contribution in [0.2, 0.25) is 0 Å². The first kappa shape index (κ1) is 23.1. The van der Waals surface area contributed by atoms with Crippen molar-refractivity contribution in [1.29, 1.82) is 0 Å². The van der Waals surface area contributed by atoms with Crippen LogP contribution in [0, 0.1) is 0 Å². The number of nitrogens with one attached hydrogen (secondary N) is 1. The van der Waals surface area contributed by atoms with Gasteiger partial charge in [-0.3, -0.25) is 9.59 Å². The number of carbonyl (C=O) groups excluding carboxylic acids is 3. The minimum absolute atomic E-state index is 0.0358. The van der Waals surface area contributed by atoms with Crippen LogP contribution in [0.25, 0.3) is 10.8 Å². The number of unbranched alkanes of at least 4 members (excludes halogenated alkanes) is 2. The van der Waals surface area contributed by atoms with Crippen molar-refractivity contribution < 1.29 is 23.9 Å². The van der Waals surface area contributed by atoms with Crippen LogP contribution in [0.3, 0.4) is 0 Å². The summed E-state index contributed by atoms with van der Waals surface area (Å²) in [5, 5.41) is 7.23. The molecule has 0 saturated carbocycles. The fourth-order valence-corrected chi connectivity index (χ4v) is 2.93. The zero-order chi connectivity index (χ0) is 22.1. The summed E-state index contributed by atoms with van der Waals surface area (Å²) >= 11 is 0. The second kappa shape index (κ2) is 11.1. The lowest BCUT2D eigenvalue weighted by atomic mass is 10.1. The van der Waals surface area contributed by atoms with Crippen LogP contribution in [0.15, 0.2) is 29.1 Å². The molecule has 0 aliphatic carbocycles. The summed E-state index contributed by atoms with van der Waals surface area (Å²) in [7, 11) is 0. The molecule has 1 aromatic carbocycles. The molecular formula is C21H27N3O6.